The van der Waals surface area contributed by atoms with E-state index >= 15 is 0 Å². The van der Waals surface area contributed by atoms with Crippen LogP contribution in [0.3, 0.4) is 0 Å². The summed E-state index contributed by atoms with van der Waals surface area (Å²) < 4.78 is 14.4. The first-order valence-electron chi connectivity index (χ1n) is 8.94. The van der Waals surface area contributed by atoms with Crippen LogP contribution in [0.15, 0.2) is 0 Å². The second-order valence-electron chi connectivity index (χ2n) is 6.15. The Morgan fingerprint density at radius 1 is 0.680 bits per heavy atom. The standard InChI is InChI=1S/C16H35O6P.2Na/c17-16(18)14-12-10-8-6-4-2-1-3-5-7-9-11-13-15-22-23(19,20)21;;/h16-18H,1-15H2,(H2,19,20,21);;/q;2*+1/p-2. The molecule has 0 saturated heterocycles. The van der Waals surface area contributed by atoms with E-state index in [1.807, 2.05) is 0 Å². The van der Waals surface area contributed by atoms with Crippen LogP contribution in [0.5, 0.6) is 0 Å². The van der Waals surface area contributed by atoms with E-state index < -0.39 is 14.1 Å². The first-order valence-corrected chi connectivity index (χ1v) is 10.4. The van der Waals surface area contributed by atoms with Gasteiger partial charge in [-0.05, 0) is 19.3 Å². The van der Waals surface area contributed by atoms with Gasteiger partial charge in [-0.1, -0.05) is 70.6 Å². The van der Waals surface area contributed by atoms with Gasteiger partial charge in [-0.2, -0.15) is 0 Å². The molecule has 0 heterocycles. The van der Waals surface area contributed by atoms with Crippen LogP contribution in [-0.2, 0) is 9.09 Å². The molecule has 0 rings (SSSR count). The molecular formula is C16H33Na2O6P. The Hall–Kier alpha value is 2.03. The monoisotopic (exact) mass is 398 g/mol. The summed E-state index contributed by atoms with van der Waals surface area (Å²) in [7, 11) is -4.78. The topological polar surface area (TPSA) is 113 Å². The van der Waals surface area contributed by atoms with Crippen LogP contribution in [0.1, 0.15) is 89.9 Å². The molecule has 0 atom stereocenters. The van der Waals surface area contributed by atoms with E-state index in [2.05, 4.69) is 4.52 Å². The average molecular weight is 398 g/mol. The normalized spacial score (nSPS) is 11.2. The smallest absolute Gasteiger partial charge is 0.790 e. The molecule has 0 unspecified atom stereocenters. The molecular weight excluding hydrogens is 365 g/mol. The Bertz CT molecular complexity index is 302. The quantitative estimate of drug-likeness (QED) is 0.114. The van der Waals surface area contributed by atoms with Crippen molar-refractivity contribution in [2.75, 3.05) is 6.61 Å². The molecule has 2 N–H and O–H groups in total. The number of hydrogen-bond acceptors (Lipinski definition) is 6. The zero-order valence-electron chi connectivity index (χ0n) is 16.2. The number of hydrogen-bond donors (Lipinski definition) is 2. The van der Waals surface area contributed by atoms with Crippen LogP contribution in [0.25, 0.3) is 0 Å². The van der Waals surface area contributed by atoms with Crippen molar-refractivity contribution in [1.29, 1.82) is 0 Å². The fourth-order valence-electron chi connectivity index (χ4n) is 2.55. The molecule has 0 aliphatic rings. The summed E-state index contributed by atoms with van der Waals surface area (Å²) in [6, 6.07) is 0. The van der Waals surface area contributed by atoms with Gasteiger partial charge in [0.15, 0.2) is 6.29 Å². The van der Waals surface area contributed by atoms with Crippen molar-refractivity contribution in [2.24, 2.45) is 0 Å². The predicted octanol–water partition coefficient (Wildman–Crippen LogP) is -3.39. The summed E-state index contributed by atoms with van der Waals surface area (Å²) in [5.74, 6) is 0. The molecule has 0 fully saturated rings. The number of unbranched alkanes of at least 4 members (excludes halogenated alkanes) is 12. The fourth-order valence-corrected chi connectivity index (χ4v) is 2.90. The molecule has 0 saturated carbocycles. The SMILES string of the molecule is O=P([O-])([O-])OCCCCCCCCCCCCCCCC(O)O.[Na+].[Na+]. The summed E-state index contributed by atoms with van der Waals surface area (Å²) in [6.07, 6.45) is 13.7. The summed E-state index contributed by atoms with van der Waals surface area (Å²) in [4.78, 5) is 20.4. The number of rotatable bonds is 17. The molecule has 0 bridgehead atoms. The van der Waals surface area contributed by atoms with E-state index in [4.69, 9.17) is 10.2 Å². The Kier molecular flexibility index (Phi) is 28.3. The molecule has 0 spiro atoms. The van der Waals surface area contributed by atoms with Gasteiger partial charge in [-0.25, -0.2) is 0 Å². The summed E-state index contributed by atoms with van der Waals surface area (Å²) in [5.41, 5.74) is 0. The Labute approximate surface area is 197 Å². The van der Waals surface area contributed by atoms with Crippen LogP contribution in [0.2, 0.25) is 0 Å². The summed E-state index contributed by atoms with van der Waals surface area (Å²) in [5, 5.41) is 17.4. The molecule has 0 aliphatic heterocycles. The number of aliphatic hydroxyl groups is 2. The van der Waals surface area contributed by atoms with Gasteiger partial charge < -0.3 is 29.1 Å². The van der Waals surface area contributed by atoms with Gasteiger partial charge in [0.05, 0.1) is 14.4 Å². The molecule has 0 aliphatic carbocycles. The maximum Gasteiger partial charge on any atom is 1.00 e. The van der Waals surface area contributed by atoms with Crippen molar-refractivity contribution in [1.82, 2.24) is 0 Å². The molecule has 0 aromatic carbocycles. The first kappa shape index (κ1) is 31.7. The summed E-state index contributed by atoms with van der Waals surface area (Å²) in [6.45, 7) is 0.0154. The van der Waals surface area contributed by atoms with Crippen molar-refractivity contribution in [3.05, 3.63) is 0 Å². The Morgan fingerprint density at radius 2 is 1.00 bits per heavy atom. The van der Waals surface area contributed by atoms with Crippen molar-refractivity contribution >= 4 is 7.82 Å². The molecule has 25 heavy (non-hydrogen) atoms. The van der Waals surface area contributed by atoms with E-state index in [0.29, 0.717) is 12.8 Å². The van der Waals surface area contributed by atoms with E-state index in [1.165, 1.54) is 44.9 Å². The average Bonchev–Trinajstić information content (AvgIpc) is 2.45. The van der Waals surface area contributed by atoms with Crippen LogP contribution in [0.4, 0.5) is 0 Å². The second kappa shape index (κ2) is 22.3. The summed E-state index contributed by atoms with van der Waals surface area (Å²) >= 11 is 0. The van der Waals surface area contributed by atoms with Gasteiger partial charge in [0.2, 0.25) is 0 Å². The van der Waals surface area contributed by atoms with E-state index in [-0.39, 0.29) is 65.7 Å². The van der Waals surface area contributed by atoms with Crippen LogP contribution in [-0.4, -0.2) is 23.1 Å². The largest absolute Gasteiger partial charge is 1.00 e. The van der Waals surface area contributed by atoms with E-state index in [0.717, 1.165) is 32.1 Å². The molecule has 0 radical (unpaired) electrons. The van der Waals surface area contributed by atoms with Crippen molar-refractivity contribution in [2.45, 2.75) is 96.2 Å². The minimum absolute atomic E-state index is 0. The third kappa shape index (κ3) is 31.0. The van der Waals surface area contributed by atoms with E-state index in [9.17, 15) is 14.4 Å². The third-order valence-corrected chi connectivity index (χ3v) is 4.35. The molecule has 0 aromatic rings. The Morgan fingerprint density at radius 3 is 1.32 bits per heavy atom. The minimum atomic E-state index is -4.78. The third-order valence-electron chi connectivity index (χ3n) is 3.86. The molecule has 140 valence electrons. The Balaban J connectivity index is -0.00000242. The number of phosphoric acid groups is 1. The molecule has 0 aromatic heterocycles. The number of phosphoric ester groups is 1. The number of aliphatic hydroxyl groups excluding tert-OH is 1. The fraction of sp³-hybridized carbons (Fsp3) is 1.00. The van der Waals surface area contributed by atoms with Gasteiger partial charge in [0.25, 0.3) is 0 Å². The molecule has 6 nitrogen and oxygen atoms in total. The van der Waals surface area contributed by atoms with Gasteiger partial charge in [-0.3, -0.25) is 0 Å². The second-order valence-corrected chi connectivity index (χ2v) is 7.30. The first-order chi connectivity index (χ1) is 10.9. The maximum absolute atomic E-state index is 10.2. The van der Waals surface area contributed by atoms with Crippen molar-refractivity contribution in [3.8, 4) is 0 Å². The molecule has 9 heteroatoms. The van der Waals surface area contributed by atoms with Crippen LogP contribution < -0.4 is 68.9 Å². The van der Waals surface area contributed by atoms with Gasteiger partial charge in [-0.15, -0.1) is 0 Å². The van der Waals surface area contributed by atoms with Crippen molar-refractivity contribution in [3.63, 3.8) is 0 Å². The van der Waals surface area contributed by atoms with Crippen LogP contribution >= 0.6 is 7.82 Å². The maximum atomic E-state index is 10.2. The predicted molar refractivity (Wildman–Crippen MR) is 86.4 cm³/mol. The van der Waals surface area contributed by atoms with Crippen LogP contribution in [0, 0.1) is 0 Å². The molecule has 0 amide bonds. The van der Waals surface area contributed by atoms with Gasteiger partial charge in [0, 0.05) is 0 Å². The van der Waals surface area contributed by atoms with Gasteiger partial charge >= 0.3 is 59.1 Å². The van der Waals surface area contributed by atoms with Crippen molar-refractivity contribution < 1.29 is 88.2 Å². The van der Waals surface area contributed by atoms with Gasteiger partial charge in [0.1, 0.15) is 0 Å². The van der Waals surface area contributed by atoms with E-state index in [1.54, 1.807) is 0 Å². The minimum Gasteiger partial charge on any atom is -0.790 e. The zero-order valence-corrected chi connectivity index (χ0v) is 21.1. The zero-order chi connectivity index (χ0) is 17.4.